The molecule has 1 saturated heterocycles. The summed E-state index contributed by atoms with van der Waals surface area (Å²) < 4.78 is 17.2. The van der Waals surface area contributed by atoms with Gasteiger partial charge in [0.25, 0.3) is 0 Å². The number of nitrogens with zero attached hydrogens (tertiary/aromatic N) is 1. The van der Waals surface area contributed by atoms with Gasteiger partial charge >= 0.3 is 5.97 Å². The molecule has 3 aromatic carbocycles. The zero-order valence-electron chi connectivity index (χ0n) is 31.7. The largest absolute Gasteiger partial charge is 0.508 e. The maximum absolute atomic E-state index is 13.8. The molecule has 0 spiro atoms. The first-order chi connectivity index (χ1) is 28.1. The summed E-state index contributed by atoms with van der Waals surface area (Å²) >= 11 is 0. The summed E-state index contributed by atoms with van der Waals surface area (Å²) in [7, 11) is 1.86. The second kappa shape index (κ2) is 14.7. The van der Waals surface area contributed by atoms with Crippen LogP contribution in [0.4, 0.5) is 0 Å². The third kappa shape index (κ3) is 6.36. The number of carbonyl (C=O) groups is 2. The summed E-state index contributed by atoms with van der Waals surface area (Å²) in [6.07, 6.45) is -2.42. The lowest BCUT2D eigenvalue weighted by molar-refractivity contribution is -0.303. The molecule has 2 saturated carbocycles. The number of carbonyl (C=O) groups excluding carboxylic acids is 1. The number of benzene rings is 3. The minimum Gasteiger partial charge on any atom is -0.508 e. The van der Waals surface area contributed by atoms with Gasteiger partial charge in [0, 0.05) is 35.1 Å². The third-order valence-electron chi connectivity index (χ3n) is 12.7. The summed E-state index contributed by atoms with van der Waals surface area (Å²) in [5, 5.41) is 78.8. The van der Waals surface area contributed by atoms with Crippen molar-refractivity contribution in [2.45, 2.75) is 67.8 Å². The number of allylic oxidation sites excluding steroid dienone is 1. The number of ether oxygens (including phenoxy) is 2. The number of aldehydes is 1. The van der Waals surface area contributed by atoms with Gasteiger partial charge in [0.05, 0.1) is 6.54 Å². The predicted octanol–water partition coefficient (Wildman–Crippen LogP) is 1.72. The molecule has 3 fully saturated rings. The number of fused-ring (bicyclic) bond motifs is 7. The van der Waals surface area contributed by atoms with E-state index in [1.165, 1.54) is 6.07 Å². The van der Waals surface area contributed by atoms with Crippen LogP contribution in [-0.2, 0) is 14.3 Å². The van der Waals surface area contributed by atoms with E-state index in [-0.39, 0.29) is 35.0 Å². The van der Waals surface area contributed by atoms with Crippen LogP contribution in [0.25, 0.3) is 33.9 Å². The van der Waals surface area contributed by atoms with Crippen LogP contribution >= 0.6 is 0 Å². The van der Waals surface area contributed by atoms with Crippen LogP contribution in [0.5, 0.6) is 23.0 Å². The van der Waals surface area contributed by atoms with Crippen molar-refractivity contribution in [1.82, 2.24) is 5.32 Å². The number of carboxylic acids is 1. The molecule has 59 heavy (non-hydrogen) atoms. The Bertz CT molecular complexity index is 2480. The highest BCUT2D eigenvalue weighted by Gasteiger charge is 2.59. The number of aliphatic imine (C=N–C) groups is 1. The Morgan fingerprint density at radius 3 is 2.51 bits per heavy atom. The second-order valence-corrected chi connectivity index (χ2v) is 15.9. The zero-order chi connectivity index (χ0) is 42.1. The predicted molar refractivity (Wildman–Crippen MR) is 211 cm³/mol. The Morgan fingerprint density at radius 1 is 1.03 bits per heavy atom. The van der Waals surface area contributed by atoms with E-state index < -0.39 is 82.2 Å². The zero-order valence-corrected chi connectivity index (χ0v) is 31.7. The van der Waals surface area contributed by atoms with Crippen molar-refractivity contribution in [1.29, 1.82) is 0 Å². The molecule has 8 rings (SSSR count). The number of nitrogens with one attached hydrogen (secondary N) is 1. The Morgan fingerprint density at radius 2 is 1.80 bits per heavy atom. The fourth-order valence-electron chi connectivity index (χ4n) is 10.0. The van der Waals surface area contributed by atoms with E-state index in [2.05, 4.69) is 16.4 Å². The Balaban J connectivity index is 1.25. The van der Waals surface area contributed by atoms with Gasteiger partial charge in [-0.2, -0.15) is 0 Å². The molecule has 2 heterocycles. The van der Waals surface area contributed by atoms with Gasteiger partial charge in [0.1, 0.15) is 46.6 Å². The molecule has 0 amide bonds. The number of guanidine groups is 1. The van der Waals surface area contributed by atoms with E-state index in [1.807, 2.05) is 31.3 Å². The third-order valence-corrected chi connectivity index (χ3v) is 12.7. The number of nitrogens with two attached hydrogens (primary N) is 2. The number of aliphatic hydroxyl groups excluding tert-OH is 2. The molecule has 4 aliphatic rings. The number of aliphatic carboxylic acids is 1. The van der Waals surface area contributed by atoms with E-state index in [0.29, 0.717) is 23.5 Å². The molecule has 310 valence electrons. The maximum Gasteiger partial charge on any atom is 0.335 e. The smallest absolute Gasteiger partial charge is 0.335 e. The van der Waals surface area contributed by atoms with Gasteiger partial charge in [-0.3, -0.25) is 9.79 Å². The van der Waals surface area contributed by atoms with Gasteiger partial charge in [0.2, 0.25) is 12.0 Å². The van der Waals surface area contributed by atoms with Crippen LogP contribution in [0.15, 0.2) is 68.8 Å². The molecule has 1 aromatic heterocycles. The average molecular weight is 813 g/mol. The van der Waals surface area contributed by atoms with E-state index in [4.69, 9.17) is 25.4 Å². The van der Waals surface area contributed by atoms with Crippen LogP contribution < -0.4 is 26.9 Å². The Hall–Kier alpha value is -5.98. The quantitative estimate of drug-likeness (QED) is 0.0498. The summed E-state index contributed by atoms with van der Waals surface area (Å²) in [5.74, 6) is -5.16. The Labute approximate surface area is 335 Å². The molecule has 2 bridgehead atoms. The number of aliphatic hydroxyl groups is 3. The molecule has 0 radical (unpaired) electrons. The molecule has 3 aliphatic carbocycles. The highest BCUT2D eigenvalue weighted by molar-refractivity contribution is 5.95. The van der Waals surface area contributed by atoms with Gasteiger partial charge < -0.3 is 71.2 Å². The highest BCUT2D eigenvalue weighted by atomic mass is 16.7. The van der Waals surface area contributed by atoms with E-state index >= 15 is 0 Å². The second-order valence-electron chi connectivity index (χ2n) is 15.9. The van der Waals surface area contributed by atoms with Gasteiger partial charge in [-0.1, -0.05) is 30.3 Å². The molecule has 0 unspecified atom stereocenters. The van der Waals surface area contributed by atoms with Crippen molar-refractivity contribution in [2.24, 2.45) is 33.7 Å². The number of rotatable bonds is 9. The summed E-state index contributed by atoms with van der Waals surface area (Å²) in [6.45, 7) is -0.888. The van der Waals surface area contributed by atoms with Gasteiger partial charge in [-0.05, 0) is 85.0 Å². The van der Waals surface area contributed by atoms with Crippen molar-refractivity contribution in [2.75, 3.05) is 13.6 Å². The first-order valence-electron chi connectivity index (χ1n) is 19.1. The number of carboxylic acid groups (broad SMARTS) is 1. The SMILES string of the molecule is CN[C@H]1CC[C@@H]2C[C@@H]3c4ccccc4C=C(c4cc(O)ccc4-c4cc(=O)c5c(O)c(O)c(O[C@@H]6O[C@H](C(=O)O)[C@@H](O)[C@@](O)(CN=C(N)N)[C@H]6O)cc5o4)[C@@H]3[C@@]1(C=O)C2. The minimum atomic E-state index is -2.75. The van der Waals surface area contributed by atoms with Gasteiger partial charge in [0.15, 0.2) is 29.0 Å². The monoisotopic (exact) mass is 812 g/mol. The van der Waals surface area contributed by atoms with E-state index in [1.54, 1.807) is 12.1 Å². The van der Waals surface area contributed by atoms with Crippen LogP contribution in [0, 0.1) is 17.3 Å². The molecule has 1 aliphatic heterocycles. The van der Waals surface area contributed by atoms with Crippen molar-refractivity contribution in [3.8, 4) is 34.3 Å². The highest BCUT2D eigenvalue weighted by Crippen LogP contribution is 2.63. The number of hydrogen-bond acceptors (Lipinski definition) is 14. The lowest BCUT2D eigenvalue weighted by Gasteiger charge is -2.57. The lowest BCUT2D eigenvalue weighted by atomic mass is 9.47. The first kappa shape index (κ1) is 39.8. The lowest BCUT2D eigenvalue weighted by Crippen LogP contribution is -2.70. The fourth-order valence-corrected chi connectivity index (χ4v) is 10.0. The van der Waals surface area contributed by atoms with Crippen LogP contribution in [0.1, 0.15) is 48.3 Å². The fraction of sp³-hybridized carbons (Fsp3) is 0.381. The van der Waals surface area contributed by atoms with E-state index in [9.17, 15) is 50.1 Å². The number of phenolic OH excluding ortho intramolecular Hbond substituents is 3. The molecule has 17 heteroatoms. The standard InChI is InChI=1S/C42H44N4O13/c1-45-30-9-6-18-10-24-21-5-3-2-4-19(21)11-25(32(24)41(30,15-18)17-47)23-12-20(48)7-8-22(23)27-13-26(49)31-28(57-27)14-29(33(50)34(31)51)58-39-37(53)42(56,16-46-40(43)44)36(52)35(59-39)38(54)55/h2-5,7-8,11-14,17-18,24,30,32,35-37,39,45,48,50-53,56H,6,9-10,15-16H2,1H3,(H,54,55)(H4,43,44,46)/t18-,24-,30+,32-,35+,36-,37+,39-,41-,42+/m1/s1. The first-order valence-corrected chi connectivity index (χ1v) is 19.1. The molecular formula is C42H44N4O13. The normalized spacial score (nSPS) is 31.0. The van der Waals surface area contributed by atoms with Crippen molar-refractivity contribution < 1.29 is 59.2 Å². The van der Waals surface area contributed by atoms with Crippen molar-refractivity contribution in [3.05, 3.63) is 81.5 Å². The maximum atomic E-state index is 13.8. The van der Waals surface area contributed by atoms with Crippen molar-refractivity contribution in [3.63, 3.8) is 0 Å². The van der Waals surface area contributed by atoms with Crippen LogP contribution in [-0.4, -0.2) is 104 Å². The van der Waals surface area contributed by atoms with Crippen LogP contribution in [0.3, 0.4) is 0 Å². The molecule has 10 atom stereocenters. The van der Waals surface area contributed by atoms with Crippen LogP contribution in [0.2, 0.25) is 0 Å². The summed E-state index contributed by atoms with van der Waals surface area (Å²) in [4.78, 5) is 43.0. The van der Waals surface area contributed by atoms with Gasteiger partial charge in [-0.15, -0.1) is 0 Å². The molecular weight excluding hydrogens is 768 g/mol. The average Bonchev–Trinajstić information content (AvgIpc) is 3.21. The summed E-state index contributed by atoms with van der Waals surface area (Å²) in [6, 6.07) is 14.5. The number of hydrogen-bond donors (Lipinski definition) is 10. The topological polar surface area (TPSA) is 301 Å². The molecule has 12 N–H and O–H groups in total. The number of phenols is 3. The van der Waals surface area contributed by atoms with Crippen molar-refractivity contribution >= 4 is 40.8 Å². The molecule has 4 aromatic rings. The van der Waals surface area contributed by atoms with E-state index in [0.717, 1.165) is 54.4 Å². The number of aromatic hydroxyl groups is 3. The van der Waals surface area contributed by atoms with Gasteiger partial charge in [-0.25, -0.2) is 4.79 Å². The molecule has 17 nitrogen and oxygen atoms in total. The summed E-state index contributed by atoms with van der Waals surface area (Å²) in [5.41, 5.74) is 9.75. The Kier molecular flexibility index (Phi) is 9.91. The minimum absolute atomic E-state index is 0.0258.